The molecule has 2 N–H and O–H groups in total. The largest absolute Gasteiger partial charge is 0.318 e. The Morgan fingerprint density at radius 2 is 2.27 bits per heavy atom. The van der Waals surface area contributed by atoms with Crippen LogP contribution in [-0.2, 0) is 4.79 Å². The molecule has 15 heavy (non-hydrogen) atoms. The highest BCUT2D eigenvalue weighted by Crippen LogP contribution is 2.25. The topological polar surface area (TPSA) is 89.5 Å². The number of nitro groups is 1. The zero-order chi connectivity index (χ0) is 11.0. The number of non-ortho nitro benzene ring substituents is 1. The highest BCUT2D eigenvalue weighted by Gasteiger charge is 2.34. The Labute approximate surface area is 85.4 Å². The standard InChI is InChI=1S/C9H9N3O3/c10-8-5-11(9(8)13)6-2-1-3-7(4-6)12(14)15/h1-4,8H,5,10H2. The maximum Gasteiger partial charge on any atom is 0.271 e. The second kappa shape index (κ2) is 3.32. The van der Waals surface area contributed by atoms with Crippen LogP contribution in [-0.4, -0.2) is 23.4 Å². The lowest BCUT2D eigenvalue weighted by atomic mass is 10.1. The summed E-state index contributed by atoms with van der Waals surface area (Å²) in [6, 6.07) is 5.48. The zero-order valence-corrected chi connectivity index (χ0v) is 7.79. The van der Waals surface area contributed by atoms with Crippen LogP contribution in [0.25, 0.3) is 0 Å². The summed E-state index contributed by atoms with van der Waals surface area (Å²) in [7, 11) is 0. The van der Waals surface area contributed by atoms with Crippen molar-refractivity contribution in [1.82, 2.24) is 0 Å². The lowest BCUT2D eigenvalue weighted by Gasteiger charge is -2.35. The summed E-state index contributed by atoms with van der Waals surface area (Å²) in [4.78, 5) is 22.7. The minimum absolute atomic E-state index is 0.0271. The Hall–Kier alpha value is -1.95. The molecule has 0 aliphatic carbocycles. The van der Waals surface area contributed by atoms with Crippen molar-refractivity contribution < 1.29 is 9.72 Å². The number of amides is 1. The highest BCUT2D eigenvalue weighted by molar-refractivity contribution is 6.03. The predicted octanol–water partition coefficient (Wildman–Crippen LogP) is 0.269. The molecule has 1 saturated heterocycles. The first kappa shape index (κ1) is 9.60. The van der Waals surface area contributed by atoms with Gasteiger partial charge in [0.1, 0.15) is 6.04 Å². The van der Waals surface area contributed by atoms with Crippen molar-refractivity contribution in [3.8, 4) is 0 Å². The molecule has 0 radical (unpaired) electrons. The zero-order valence-electron chi connectivity index (χ0n) is 7.79. The van der Waals surface area contributed by atoms with Gasteiger partial charge in [0, 0.05) is 12.1 Å². The number of carbonyl (C=O) groups excluding carboxylic acids is 1. The Morgan fingerprint density at radius 3 is 2.80 bits per heavy atom. The van der Waals surface area contributed by atoms with E-state index in [1.165, 1.54) is 17.0 Å². The van der Waals surface area contributed by atoms with Gasteiger partial charge >= 0.3 is 0 Å². The number of hydrogen-bond acceptors (Lipinski definition) is 4. The SMILES string of the molecule is NC1CN(c2cccc([N+](=O)[O-])c2)C1=O. The molecule has 0 saturated carbocycles. The molecule has 1 atom stereocenters. The summed E-state index contributed by atoms with van der Waals surface area (Å²) in [5, 5.41) is 10.5. The Bertz CT molecular complexity index is 432. The van der Waals surface area contributed by atoms with Crippen LogP contribution >= 0.6 is 0 Å². The van der Waals surface area contributed by atoms with Crippen molar-refractivity contribution >= 4 is 17.3 Å². The van der Waals surface area contributed by atoms with Crippen LogP contribution in [0.4, 0.5) is 11.4 Å². The van der Waals surface area contributed by atoms with Crippen molar-refractivity contribution in [2.75, 3.05) is 11.4 Å². The molecule has 1 aliphatic heterocycles. The Morgan fingerprint density at radius 1 is 1.53 bits per heavy atom. The maximum absolute atomic E-state index is 11.3. The third-order valence-electron chi connectivity index (χ3n) is 2.31. The van der Waals surface area contributed by atoms with E-state index < -0.39 is 11.0 Å². The van der Waals surface area contributed by atoms with Gasteiger partial charge in [-0.25, -0.2) is 0 Å². The number of nitrogens with zero attached hydrogens (tertiary/aromatic N) is 2. The number of rotatable bonds is 2. The molecule has 1 fully saturated rings. The summed E-state index contributed by atoms with van der Waals surface area (Å²) >= 11 is 0. The van der Waals surface area contributed by atoms with Gasteiger partial charge in [-0.1, -0.05) is 6.07 Å². The van der Waals surface area contributed by atoms with E-state index in [-0.39, 0.29) is 11.6 Å². The van der Waals surface area contributed by atoms with E-state index in [1.807, 2.05) is 0 Å². The molecule has 0 bridgehead atoms. The smallest absolute Gasteiger partial charge is 0.271 e. The predicted molar refractivity (Wildman–Crippen MR) is 53.4 cm³/mol. The van der Waals surface area contributed by atoms with E-state index in [2.05, 4.69) is 0 Å². The van der Waals surface area contributed by atoms with Gasteiger partial charge in [-0.3, -0.25) is 14.9 Å². The molecule has 1 aliphatic rings. The average molecular weight is 207 g/mol. The van der Waals surface area contributed by atoms with Crippen LogP contribution in [0.1, 0.15) is 0 Å². The first-order chi connectivity index (χ1) is 7.09. The summed E-state index contributed by atoms with van der Waals surface area (Å²) in [6.45, 7) is 0.417. The highest BCUT2D eigenvalue weighted by atomic mass is 16.6. The van der Waals surface area contributed by atoms with Crippen molar-refractivity contribution in [3.63, 3.8) is 0 Å². The maximum atomic E-state index is 11.3. The molecule has 1 aromatic carbocycles. The summed E-state index contributed by atoms with van der Waals surface area (Å²) < 4.78 is 0. The van der Waals surface area contributed by atoms with Gasteiger partial charge in [0.25, 0.3) is 5.69 Å². The van der Waals surface area contributed by atoms with Gasteiger partial charge in [0.15, 0.2) is 0 Å². The van der Waals surface area contributed by atoms with Crippen LogP contribution in [0.2, 0.25) is 0 Å². The molecule has 6 heteroatoms. The lowest BCUT2D eigenvalue weighted by Crippen LogP contribution is -2.61. The number of nitro benzene ring substituents is 1. The fraction of sp³-hybridized carbons (Fsp3) is 0.222. The minimum Gasteiger partial charge on any atom is -0.318 e. The lowest BCUT2D eigenvalue weighted by molar-refractivity contribution is -0.384. The third kappa shape index (κ3) is 1.55. The van der Waals surface area contributed by atoms with Gasteiger partial charge in [0.05, 0.1) is 17.2 Å². The fourth-order valence-corrected chi connectivity index (χ4v) is 1.46. The Kier molecular flexibility index (Phi) is 2.12. The monoisotopic (exact) mass is 207 g/mol. The average Bonchev–Trinajstić information content (AvgIpc) is 2.25. The Balaban J connectivity index is 2.26. The molecule has 1 amide bonds. The van der Waals surface area contributed by atoms with Crippen LogP contribution in [0, 0.1) is 10.1 Å². The molecule has 1 aromatic rings. The second-order valence-electron chi connectivity index (χ2n) is 3.33. The van der Waals surface area contributed by atoms with Gasteiger partial charge in [-0.2, -0.15) is 0 Å². The first-order valence-corrected chi connectivity index (χ1v) is 4.41. The summed E-state index contributed by atoms with van der Waals surface area (Å²) in [6.07, 6.45) is 0. The number of hydrogen-bond donors (Lipinski definition) is 1. The van der Waals surface area contributed by atoms with E-state index in [0.29, 0.717) is 12.2 Å². The van der Waals surface area contributed by atoms with E-state index in [4.69, 9.17) is 5.73 Å². The normalized spacial score (nSPS) is 19.9. The fourth-order valence-electron chi connectivity index (χ4n) is 1.46. The molecule has 2 rings (SSSR count). The van der Waals surface area contributed by atoms with Crippen LogP contribution in [0.3, 0.4) is 0 Å². The molecule has 78 valence electrons. The molecule has 1 heterocycles. The van der Waals surface area contributed by atoms with E-state index in [1.54, 1.807) is 12.1 Å². The van der Waals surface area contributed by atoms with Crippen LogP contribution in [0.15, 0.2) is 24.3 Å². The van der Waals surface area contributed by atoms with Gasteiger partial charge in [-0.05, 0) is 6.07 Å². The van der Waals surface area contributed by atoms with Crippen molar-refractivity contribution in [1.29, 1.82) is 0 Å². The summed E-state index contributed by atoms with van der Waals surface area (Å²) in [5.74, 6) is -0.199. The van der Waals surface area contributed by atoms with Gasteiger partial charge in [0.2, 0.25) is 5.91 Å². The molecule has 1 unspecified atom stereocenters. The van der Waals surface area contributed by atoms with E-state index >= 15 is 0 Å². The van der Waals surface area contributed by atoms with E-state index in [0.717, 1.165) is 0 Å². The quantitative estimate of drug-likeness (QED) is 0.428. The second-order valence-corrected chi connectivity index (χ2v) is 3.33. The van der Waals surface area contributed by atoms with Crippen LogP contribution < -0.4 is 10.6 Å². The first-order valence-electron chi connectivity index (χ1n) is 4.41. The summed E-state index contributed by atoms with van der Waals surface area (Å²) in [5.41, 5.74) is 5.92. The van der Waals surface area contributed by atoms with Gasteiger partial charge in [-0.15, -0.1) is 0 Å². The molecule has 0 spiro atoms. The number of nitrogens with two attached hydrogens (primary N) is 1. The number of anilines is 1. The number of benzene rings is 1. The molecular formula is C9H9N3O3. The van der Waals surface area contributed by atoms with Gasteiger partial charge < -0.3 is 10.6 Å². The molecular weight excluding hydrogens is 198 g/mol. The van der Waals surface area contributed by atoms with Crippen LogP contribution in [0.5, 0.6) is 0 Å². The number of β-lactam (4-membered cyclic amide) rings is 1. The minimum atomic E-state index is -0.492. The number of carbonyl (C=O) groups is 1. The van der Waals surface area contributed by atoms with E-state index in [9.17, 15) is 14.9 Å². The molecule has 0 aromatic heterocycles. The van der Waals surface area contributed by atoms with Crippen molar-refractivity contribution in [3.05, 3.63) is 34.4 Å². The van der Waals surface area contributed by atoms with Crippen molar-refractivity contribution in [2.45, 2.75) is 6.04 Å². The third-order valence-corrected chi connectivity index (χ3v) is 2.31. The molecule has 6 nitrogen and oxygen atoms in total. The van der Waals surface area contributed by atoms with Crippen molar-refractivity contribution in [2.24, 2.45) is 5.73 Å².